The standard InChI is InChI=1S/C13H15N3O3/c1-8-5-4-6-9(2)11(8)16-7-14-13(15-16)19-10(3)12(17)18/h4-7,10H,1-3H3,(H,17,18). The van der Waals surface area contributed by atoms with E-state index >= 15 is 0 Å². The average molecular weight is 261 g/mol. The number of ether oxygens (including phenoxy) is 1. The Labute approximate surface area is 110 Å². The summed E-state index contributed by atoms with van der Waals surface area (Å²) in [6.07, 6.45) is 0.535. The topological polar surface area (TPSA) is 77.2 Å². The number of rotatable bonds is 4. The van der Waals surface area contributed by atoms with Gasteiger partial charge in [0.05, 0.1) is 5.69 Å². The number of hydrogen-bond acceptors (Lipinski definition) is 4. The average Bonchev–Trinajstić information content (AvgIpc) is 2.77. The molecule has 0 spiro atoms. The van der Waals surface area contributed by atoms with Crippen molar-refractivity contribution in [1.29, 1.82) is 0 Å². The number of carboxylic acids is 1. The smallest absolute Gasteiger partial charge is 0.344 e. The maximum atomic E-state index is 10.7. The molecule has 6 nitrogen and oxygen atoms in total. The third-order valence-corrected chi connectivity index (χ3v) is 2.77. The Morgan fingerprint density at radius 1 is 1.37 bits per heavy atom. The van der Waals surface area contributed by atoms with Crippen LogP contribution in [0.5, 0.6) is 6.01 Å². The normalized spacial score (nSPS) is 12.2. The highest BCUT2D eigenvalue weighted by molar-refractivity contribution is 5.72. The van der Waals surface area contributed by atoms with E-state index in [4.69, 9.17) is 9.84 Å². The second-order valence-electron chi connectivity index (χ2n) is 4.31. The molecule has 2 aromatic rings. The number of para-hydroxylation sites is 1. The zero-order valence-corrected chi connectivity index (χ0v) is 11.0. The van der Waals surface area contributed by atoms with Crippen LogP contribution >= 0.6 is 0 Å². The number of aryl methyl sites for hydroxylation is 2. The highest BCUT2D eigenvalue weighted by Crippen LogP contribution is 2.18. The lowest BCUT2D eigenvalue weighted by Gasteiger charge is -2.08. The molecule has 0 aliphatic heterocycles. The third-order valence-electron chi connectivity index (χ3n) is 2.77. The van der Waals surface area contributed by atoms with Gasteiger partial charge >= 0.3 is 12.0 Å². The molecule has 0 amide bonds. The van der Waals surface area contributed by atoms with Gasteiger partial charge in [-0.2, -0.15) is 4.98 Å². The lowest BCUT2D eigenvalue weighted by molar-refractivity contribution is -0.144. The first kappa shape index (κ1) is 13.1. The molecule has 19 heavy (non-hydrogen) atoms. The molecule has 0 bridgehead atoms. The second-order valence-corrected chi connectivity index (χ2v) is 4.31. The molecule has 0 saturated heterocycles. The number of hydrogen-bond donors (Lipinski definition) is 1. The summed E-state index contributed by atoms with van der Waals surface area (Å²) in [5, 5.41) is 12.9. The Hall–Kier alpha value is -2.37. The van der Waals surface area contributed by atoms with Crippen LogP contribution in [0.25, 0.3) is 5.69 Å². The van der Waals surface area contributed by atoms with Crippen LogP contribution in [0.1, 0.15) is 18.1 Å². The summed E-state index contributed by atoms with van der Waals surface area (Å²) in [6.45, 7) is 5.39. The number of aliphatic carboxylic acids is 1. The van der Waals surface area contributed by atoms with Gasteiger partial charge in [0.25, 0.3) is 0 Å². The van der Waals surface area contributed by atoms with Crippen LogP contribution in [0.3, 0.4) is 0 Å². The van der Waals surface area contributed by atoms with Gasteiger partial charge in [0.1, 0.15) is 6.33 Å². The van der Waals surface area contributed by atoms with Gasteiger partial charge in [0, 0.05) is 0 Å². The maximum absolute atomic E-state index is 10.7. The Kier molecular flexibility index (Phi) is 3.50. The van der Waals surface area contributed by atoms with Crippen molar-refractivity contribution in [2.75, 3.05) is 0 Å². The van der Waals surface area contributed by atoms with Crippen molar-refractivity contribution in [3.63, 3.8) is 0 Å². The van der Waals surface area contributed by atoms with E-state index in [1.807, 2.05) is 32.0 Å². The first-order valence-electron chi connectivity index (χ1n) is 5.86. The zero-order valence-electron chi connectivity index (χ0n) is 11.0. The summed E-state index contributed by atoms with van der Waals surface area (Å²) in [4.78, 5) is 14.7. The zero-order chi connectivity index (χ0) is 14.0. The van der Waals surface area contributed by atoms with Gasteiger partial charge in [-0.05, 0) is 31.9 Å². The van der Waals surface area contributed by atoms with E-state index in [1.54, 1.807) is 4.68 Å². The highest BCUT2D eigenvalue weighted by atomic mass is 16.5. The van der Waals surface area contributed by atoms with Crippen LogP contribution in [-0.2, 0) is 4.79 Å². The largest absolute Gasteiger partial charge is 0.479 e. The van der Waals surface area contributed by atoms with Crippen molar-refractivity contribution in [2.45, 2.75) is 26.9 Å². The van der Waals surface area contributed by atoms with Crippen molar-refractivity contribution < 1.29 is 14.6 Å². The fraction of sp³-hybridized carbons (Fsp3) is 0.308. The van der Waals surface area contributed by atoms with Crippen molar-refractivity contribution in [3.05, 3.63) is 35.7 Å². The first-order chi connectivity index (χ1) is 8.99. The molecule has 1 heterocycles. The highest BCUT2D eigenvalue weighted by Gasteiger charge is 2.16. The number of aromatic nitrogens is 3. The number of benzene rings is 1. The van der Waals surface area contributed by atoms with Crippen LogP contribution in [0.15, 0.2) is 24.5 Å². The van der Waals surface area contributed by atoms with Gasteiger partial charge < -0.3 is 9.84 Å². The SMILES string of the molecule is Cc1cccc(C)c1-n1cnc(OC(C)C(=O)O)n1. The lowest BCUT2D eigenvalue weighted by atomic mass is 10.1. The molecule has 1 aromatic carbocycles. The quantitative estimate of drug-likeness (QED) is 0.907. The molecule has 0 saturated carbocycles. The second kappa shape index (κ2) is 5.09. The molecule has 1 unspecified atom stereocenters. The summed E-state index contributed by atoms with van der Waals surface area (Å²) in [6, 6.07) is 5.97. The molecule has 6 heteroatoms. The minimum absolute atomic E-state index is 0.0533. The van der Waals surface area contributed by atoms with E-state index in [2.05, 4.69) is 10.1 Å². The molecular formula is C13H15N3O3. The summed E-state index contributed by atoms with van der Waals surface area (Å²) in [7, 11) is 0. The number of nitrogens with zero attached hydrogens (tertiary/aromatic N) is 3. The van der Waals surface area contributed by atoms with Gasteiger partial charge in [-0.1, -0.05) is 18.2 Å². The van der Waals surface area contributed by atoms with Crippen LogP contribution in [-0.4, -0.2) is 31.9 Å². The molecule has 1 aromatic heterocycles. The van der Waals surface area contributed by atoms with E-state index in [-0.39, 0.29) is 6.01 Å². The summed E-state index contributed by atoms with van der Waals surface area (Å²) >= 11 is 0. The van der Waals surface area contributed by atoms with Crippen LogP contribution < -0.4 is 4.74 Å². The third kappa shape index (κ3) is 2.73. The van der Waals surface area contributed by atoms with Gasteiger partial charge in [-0.3, -0.25) is 0 Å². The Morgan fingerprint density at radius 3 is 2.58 bits per heavy atom. The predicted molar refractivity (Wildman–Crippen MR) is 68.6 cm³/mol. The molecule has 0 radical (unpaired) electrons. The minimum atomic E-state index is -1.05. The summed E-state index contributed by atoms with van der Waals surface area (Å²) < 4.78 is 6.71. The van der Waals surface area contributed by atoms with Crippen LogP contribution in [0.4, 0.5) is 0 Å². The monoisotopic (exact) mass is 261 g/mol. The molecule has 1 N–H and O–H groups in total. The molecule has 0 aliphatic rings. The van der Waals surface area contributed by atoms with Crippen molar-refractivity contribution in [2.24, 2.45) is 0 Å². The van der Waals surface area contributed by atoms with E-state index in [0.29, 0.717) is 0 Å². The fourth-order valence-corrected chi connectivity index (χ4v) is 1.79. The Balaban J connectivity index is 2.29. The Bertz CT molecular complexity index is 587. The van der Waals surface area contributed by atoms with Gasteiger partial charge in [-0.15, -0.1) is 5.10 Å². The van der Waals surface area contributed by atoms with E-state index in [9.17, 15) is 4.79 Å². The van der Waals surface area contributed by atoms with Crippen molar-refractivity contribution in [1.82, 2.24) is 14.8 Å². The van der Waals surface area contributed by atoms with E-state index in [0.717, 1.165) is 16.8 Å². The van der Waals surface area contributed by atoms with E-state index < -0.39 is 12.1 Å². The number of carboxylic acid groups (broad SMARTS) is 1. The van der Waals surface area contributed by atoms with E-state index in [1.165, 1.54) is 13.3 Å². The molecule has 100 valence electrons. The van der Waals surface area contributed by atoms with Gasteiger partial charge in [-0.25, -0.2) is 9.48 Å². The van der Waals surface area contributed by atoms with Gasteiger partial charge in [0.2, 0.25) is 0 Å². The maximum Gasteiger partial charge on any atom is 0.344 e. The first-order valence-corrected chi connectivity index (χ1v) is 5.86. The Morgan fingerprint density at radius 2 is 2.00 bits per heavy atom. The lowest BCUT2D eigenvalue weighted by Crippen LogP contribution is -2.23. The summed E-state index contributed by atoms with van der Waals surface area (Å²) in [5.74, 6) is -1.05. The van der Waals surface area contributed by atoms with Crippen LogP contribution in [0.2, 0.25) is 0 Å². The number of carbonyl (C=O) groups is 1. The summed E-state index contributed by atoms with van der Waals surface area (Å²) in [5.41, 5.74) is 3.04. The predicted octanol–water partition coefficient (Wildman–Crippen LogP) is 1.74. The fourth-order valence-electron chi connectivity index (χ4n) is 1.79. The molecule has 0 fully saturated rings. The molecule has 2 rings (SSSR count). The van der Waals surface area contributed by atoms with Gasteiger partial charge in [0.15, 0.2) is 6.10 Å². The van der Waals surface area contributed by atoms with Crippen molar-refractivity contribution in [3.8, 4) is 11.7 Å². The molecule has 0 aliphatic carbocycles. The van der Waals surface area contributed by atoms with Crippen molar-refractivity contribution >= 4 is 5.97 Å². The molecule has 1 atom stereocenters. The van der Waals surface area contributed by atoms with Crippen LogP contribution in [0, 0.1) is 13.8 Å². The molecular weight excluding hydrogens is 246 g/mol. The minimum Gasteiger partial charge on any atom is -0.479 e.